The number of para-hydroxylation sites is 1. The van der Waals surface area contributed by atoms with E-state index in [0.29, 0.717) is 19.3 Å². The lowest BCUT2D eigenvalue weighted by Crippen LogP contribution is -2.55. The summed E-state index contributed by atoms with van der Waals surface area (Å²) in [6, 6.07) is 8.67. The number of hydrogen-bond acceptors (Lipinski definition) is 4. The van der Waals surface area contributed by atoms with Crippen molar-refractivity contribution in [2.75, 3.05) is 26.4 Å². The molecule has 4 rings (SSSR count). The van der Waals surface area contributed by atoms with Gasteiger partial charge in [0.2, 0.25) is 0 Å². The molecule has 1 spiro atoms. The maximum absolute atomic E-state index is 9.58. The van der Waals surface area contributed by atoms with Gasteiger partial charge in [0.05, 0.1) is 25.2 Å². The van der Waals surface area contributed by atoms with Crippen molar-refractivity contribution < 1.29 is 14.6 Å². The van der Waals surface area contributed by atoms with E-state index < -0.39 is 0 Å². The first kappa shape index (κ1) is 13.6. The summed E-state index contributed by atoms with van der Waals surface area (Å²) in [7, 11) is 0. The Morgan fingerprint density at radius 2 is 2.05 bits per heavy atom. The van der Waals surface area contributed by atoms with E-state index in [2.05, 4.69) is 23.5 Å². The number of aliphatic hydroxyl groups is 1. The minimum absolute atomic E-state index is 0.0501. The second-order valence-corrected chi connectivity index (χ2v) is 6.96. The van der Waals surface area contributed by atoms with Crippen LogP contribution in [0.2, 0.25) is 0 Å². The van der Waals surface area contributed by atoms with Crippen LogP contribution in [-0.2, 0) is 4.74 Å². The number of ether oxygens (including phenoxy) is 2. The second-order valence-electron chi connectivity index (χ2n) is 6.96. The Kier molecular flexibility index (Phi) is 3.21. The molecule has 2 heterocycles. The number of nitrogens with one attached hydrogen (secondary N) is 1. The third-order valence-electron chi connectivity index (χ3n) is 5.34. The van der Waals surface area contributed by atoms with Crippen LogP contribution >= 0.6 is 0 Å². The van der Waals surface area contributed by atoms with Crippen LogP contribution in [-0.4, -0.2) is 37.1 Å². The molecule has 4 nitrogen and oxygen atoms in total. The molecule has 1 saturated carbocycles. The standard InChI is InChI=1S/C17H23NO3/c19-10-16(11-20-12-16)9-18-14-8-17(6-3-7-17)21-15-5-2-1-4-13(14)15/h1-2,4-5,14,18-19H,3,6-12H2. The predicted octanol–water partition coefficient (Wildman–Crippen LogP) is 2.03. The summed E-state index contributed by atoms with van der Waals surface area (Å²) in [6.07, 6.45) is 4.62. The van der Waals surface area contributed by atoms with Crippen molar-refractivity contribution in [2.45, 2.75) is 37.3 Å². The molecule has 2 fully saturated rings. The molecule has 21 heavy (non-hydrogen) atoms. The zero-order valence-corrected chi connectivity index (χ0v) is 12.3. The highest BCUT2D eigenvalue weighted by Gasteiger charge is 2.46. The smallest absolute Gasteiger partial charge is 0.124 e. The Hall–Kier alpha value is -1.10. The first-order valence-electron chi connectivity index (χ1n) is 7.94. The van der Waals surface area contributed by atoms with E-state index in [9.17, 15) is 5.11 Å². The van der Waals surface area contributed by atoms with Gasteiger partial charge in [0, 0.05) is 24.6 Å². The van der Waals surface area contributed by atoms with Crippen LogP contribution in [0, 0.1) is 5.41 Å². The van der Waals surface area contributed by atoms with Crippen molar-refractivity contribution in [1.29, 1.82) is 0 Å². The van der Waals surface area contributed by atoms with Gasteiger partial charge < -0.3 is 19.9 Å². The molecule has 2 aliphatic heterocycles. The van der Waals surface area contributed by atoms with Gasteiger partial charge in [-0.3, -0.25) is 0 Å². The van der Waals surface area contributed by atoms with Gasteiger partial charge in [0.15, 0.2) is 0 Å². The van der Waals surface area contributed by atoms with Crippen LogP contribution in [0.3, 0.4) is 0 Å². The molecule has 3 aliphatic rings. The Bertz CT molecular complexity index is 517. The lowest BCUT2D eigenvalue weighted by Gasteiger charge is -2.49. The first-order valence-corrected chi connectivity index (χ1v) is 7.94. The van der Waals surface area contributed by atoms with Gasteiger partial charge in [-0.25, -0.2) is 0 Å². The highest BCUT2D eigenvalue weighted by molar-refractivity contribution is 5.39. The lowest BCUT2D eigenvalue weighted by atomic mass is 9.72. The van der Waals surface area contributed by atoms with E-state index in [1.807, 2.05) is 6.07 Å². The fourth-order valence-electron chi connectivity index (χ4n) is 3.66. The molecule has 1 aromatic carbocycles. The van der Waals surface area contributed by atoms with Crippen LogP contribution in [0.1, 0.15) is 37.3 Å². The normalized spacial score (nSPS) is 28.1. The van der Waals surface area contributed by atoms with Crippen molar-refractivity contribution in [2.24, 2.45) is 5.41 Å². The van der Waals surface area contributed by atoms with Gasteiger partial charge in [0.25, 0.3) is 0 Å². The summed E-state index contributed by atoms with van der Waals surface area (Å²) in [5.74, 6) is 1.03. The molecule has 1 aliphatic carbocycles. The van der Waals surface area contributed by atoms with Crippen LogP contribution in [0.5, 0.6) is 5.75 Å². The van der Waals surface area contributed by atoms with Crippen molar-refractivity contribution in [3.05, 3.63) is 29.8 Å². The average molecular weight is 289 g/mol. The molecule has 1 aromatic rings. The molecule has 0 bridgehead atoms. The van der Waals surface area contributed by atoms with Crippen molar-refractivity contribution >= 4 is 0 Å². The fraction of sp³-hybridized carbons (Fsp3) is 0.647. The number of hydrogen-bond donors (Lipinski definition) is 2. The maximum Gasteiger partial charge on any atom is 0.124 e. The van der Waals surface area contributed by atoms with E-state index in [1.54, 1.807) is 0 Å². The fourth-order valence-corrected chi connectivity index (χ4v) is 3.66. The minimum atomic E-state index is -0.0833. The molecule has 0 aromatic heterocycles. The van der Waals surface area contributed by atoms with Crippen LogP contribution < -0.4 is 10.1 Å². The van der Waals surface area contributed by atoms with Gasteiger partial charge in [-0.05, 0) is 25.3 Å². The molecule has 114 valence electrons. The summed E-state index contributed by atoms with van der Waals surface area (Å²) in [5, 5.41) is 13.3. The van der Waals surface area contributed by atoms with E-state index in [4.69, 9.17) is 9.47 Å². The SMILES string of the molecule is OCC1(CNC2CC3(CCC3)Oc3ccccc32)COC1. The molecule has 1 saturated heterocycles. The minimum Gasteiger partial charge on any atom is -0.487 e. The Morgan fingerprint density at radius 3 is 2.67 bits per heavy atom. The van der Waals surface area contributed by atoms with Crippen LogP contribution in [0.15, 0.2) is 24.3 Å². The van der Waals surface area contributed by atoms with Gasteiger partial charge in [-0.15, -0.1) is 0 Å². The van der Waals surface area contributed by atoms with Crippen molar-refractivity contribution in [3.63, 3.8) is 0 Å². The van der Waals surface area contributed by atoms with Gasteiger partial charge in [0.1, 0.15) is 11.4 Å². The molecule has 2 N–H and O–H groups in total. The van der Waals surface area contributed by atoms with E-state index in [0.717, 1.165) is 31.6 Å². The van der Waals surface area contributed by atoms with E-state index >= 15 is 0 Å². The molecular formula is C17H23NO3. The second kappa shape index (κ2) is 4.97. The van der Waals surface area contributed by atoms with Crippen molar-refractivity contribution in [1.82, 2.24) is 5.32 Å². The topological polar surface area (TPSA) is 50.7 Å². The Morgan fingerprint density at radius 1 is 1.24 bits per heavy atom. The summed E-state index contributed by atoms with van der Waals surface area (Å²) in [6.45, 7) is 2.31. The lowest BCUT2D eigenvalue weighted by molar-refractivity contribution is -0.136. The monoisotopic (exact) mass is 289 g/mol. The zero-order chi connectivity index (χ0) is 14.3. The number of rotatable bonds is 4. The molecule has 1 atom stereocenters. The van der Waals surface area contributed by atoms with Gasteiger partial charge in [-0.2, -0.15) is 0 Å². The van der Waals surface area contributed by atoms with E-state index in [-0.39, 0.29) is 17.6 Å². The molecule has 4 heteroatoms. The largest absolute Gasteiger partial charge is 0.487 e. The highest BCUT2D eigenvalue weighted by atomic mass is 16.5. The maximum atomic E-state index is 9.58. The Labute approximate surface area is 125 Å². The summed E-state index contributed by atoms with van der Waals surface area (Å²) in [5.41, 5.74) is 1.22. The van der Waals surface area contributed by atoms with Crippen LogP contribution in [0.4, 0.5) is 0 Å². The average Bonchev–Trinajstić information content (AvgIpc) is 2.44. The number of fused-ring (bicyclic) bond motifs is 1. The van der Waals surface area contributed by atoms with Crippen molar-refractivity contribution in [3.8, 4) is 5.75 Å². The molecular weight excluding hydrogens is 266 g/mol. The van der Waals surface area contributed by atoms with E-state index in [1.165, 1.54) is 12.0 Å². The molecule has 0 amide bonds. The predicted molar refractivity (Wildman–Crippen MR) is 79.4 cm³/mol. The van der Waals surface area contributed by atoms with Crippen LogP contribution in [0.25, 0.3) is 0 Å². The summed E-state index contributed by atoms with van der Waals surface area (Å²) in [4.78, 5) is 0. The third-order valence-corrected chi connectivity index (χ3v) is 5.34. The first-order chi connectivity index (χ1) is 10.2. The van der Waals surface area contributed by atoms with Gasteiger partial charge >= 0.3 is 0 Å². The summed E-state index contributed by atoms with van der Waals surface area (Å²) >= 11 is 0. The zero-order valence-electron chi connectivity index (χ0n) is 12.3. The number of aliphatic hydroxyl groups excluding tert-OH is 1. The quantitative estimate of drug-likeness (QED) is 0.890. The molecule has 0 radical (unpaired) electrons. The summed E-state index contributed by atoms with van der Waals surface area (Å²) < 4.78 is 11.6. The van der Waals surface area contributed by atoms with Gasteiger partial charge in [-0.1, -0.05) is 18.2 Å². The third kappa shape index (κ3) is 2.26. The highest BCUT2D eigenvalue weighted by Crippen LogP contribution is 2.48. The number of benzene rings is 1. The Balaban J connectivity index is 1.53. The molecule has 1 unspecified atom stereocenters.